The highest BCUT2D eigenvalue weighted by molar-refractivity contribution is 9.11. The number of fused-ring (bicyclic) bond motifs is 1. The molecule has 0 saturated heterocycles. The first-order valence-corrected chi connectivity index (χ1v) is 17.7. The van der Waals surface area contributed by atoms with Crippen molar-refractivity contribution in [1.82, 2.24) is 9.97 Å². The molecule has 2 nitrogen and oxygen atoms in total. The molecule has 0 amide bonds. The average Bonchev–Trinajstić information content (AvgIpc) is 3.52. The van der Waals surface area contributed by atoms with Gasteiger partial charge in [0.2, 0.25) is 0 Å². The van der Waals surface area contributed by atoms with Gasteiger partial charge < -0.3 is 0 Å². The predicted octanol–water partition coefficient (Wildman–Crippen LogP) is 12.9. The van der Waals surface area contributed by atoms with Gasteiger partial charge in [0.05, 0.1) is 39.7 Å². The second-order valence-corrected chi connectivity index (χ2v) is 13.7. The number of aromatic nitrogens is 2. The Morgan fingerprint density at radius 1 is 0.579 bits per heavy atom. The molecule has 0 radical (unpaired) electrons. The molecule has 0 unspecified atom stereocenters. The van der Waals surface area contributed by atoms with Crippen LogP contribution in [0.5, 0.6) is 0 Å². The number of rotatable bonds is 12. The molecular formula is C32H44Br2N2S2. The Morgan fingerprint density at radius 3 is 1.34 bits per heavy atom. The van der Waals surface area contributed by atoms with Crippen molar-refractivity contribution in [3.63, 3.8) is 0 Å². The molecule has 0 N–H and O–H groups in total. The van der Waals surface area contributed by atoms with Gasteiger partial charge in [0.15, 0.2) is 0 Å². The third-order valence-corrected chi connectivity index (χ3v) is 9.57. The van der Waals surface area contributed by atoms with E-state index in [1.807, 2.05) is 27.7 Å². The highest BCUT2D eigenvalue weighted by Gasteiger charge is 2.15. The molecule has 0 spiro atoms. The maximum absolute atomic E-state index is 5.02. The van der Waals surface area contributed by atoms with E-state index in [-0.39, 0.29) is 0 Å². The first kappa shape index (κ1) is 33.1. The van der Waals surface area contributed by atoms with Gasteiger partial charge in [-0.05, 0) is 105 Å². The molecule has 4 aromatic rings. The van der Waals surface area contributed by atoms with Crippen LogP contribution in [0.1, 0.15) is 104 Å². The van der Waals surface area contributed by atoms with E-state index in [4.69, 9.17) is 9.97 Å². The van der Waals surface area contributed by atoms with Gasteiger partial charge in [-0.25, -0.2) is 9.97 Å². The second-order valence-electron chi connectivity index (χ2n) is 8.86. The first-order chi connectivity index (χ1) is 18.6. The summed E-state index contributed by atoms with van der Waals surface area (Å²) < 4.78 is 2.36. The van der Waals surface area contributed by atoms with E-state index in [1.54, 1.807) is 22.7 Å². The lowest BCUT2D eigenvalue weighted by molar-refractivity contribution is 0.668. The fraction of sp³-hybridized carbons (Fsp3) is 0.500. The lowest BCUT2D eigenvalue weighted by atomic mass is 10.1. The van der Waals surface area contributed by atoms with Crippen LogP contribution in [-0.2, 0) is 12.8 Å². The quantitative estimate of drug-likeness (QED) is 0.139. The number of aryl methyl sites for hydroxylation is 2. The summed E-state index contributed by atoms with van der Waals surface area (Å²) in [6.07, 6.45) is 12.4. The van der Waals surface area contributed by atoms with E-state index in [0.29, 0.717) is 0 Å². The van der Waals surface area contributed by atoms with Crippen LogP contribution in [0.4, 0.5) is 0 Å². The van der Waals surface area contributed by atoms with Crippen molar-refractivity contribution in [1.29, 1.82) is 0 Å². The highest BCUT2D eigenvalue weighted by Crippen LogP contribution is 2.38. The molecular weight excluding hydrogens is 636 g/mol. The normalized spacial score (nSPS) is 10.6. The lowest BCUT2D eigenvalue weighted by Crippen LogP contribution is -1.92. The minimum absolute atomic E-state index is 0.961. The fourth-order valence-corrected chi connectivity index (χ4v) is 7.68. The number of thiophene rings is 2. The molecule has 0 bridgehead atoms. The number of hydrogen-bond acceptors (Lipinski definition) is 4. The van der Waals surface area contributed by atoms with Gasteiger partial charge in [-0.3, -0.25) is 0 Å². The standard InChI is InChI=1S/C28H32Br2N2S2.2C2H6/c1-3-5-7-9-11-19-17-25(29)33-27(19)23-15-13-22-21(31-23)14-16-24(32-22)28-20(18-26(30)34-28)12-10-8-6-4-2;2*1-2/h13-18H,3-12H2,1-2H3;2*1-2H3. The zero-order valence-corrected chi connectivity index (χ0v) is 28.8. The van der Waals surface area contributed by atoms with Gasteiger partial charge in [-0.15, -0.1) is 22.7 Å². The number of hydrogen-bond donors (Lipinski definition) is 0. The molecule has 6 heteroatoms. The van der Waals surface area contributed by atoms with Crippen LogP contribution in [0.2, 0.25) is 0 Å². The van der Waals surface area contributed by atoms with Crippen molar-refractivity contribution in [2.24, 2.45) is 0 Å². The summed E-state index contributed by atoms with van der Waals surface area (Å²) in [6.45, 7) is 12.5. The van der Waals surface area contributed by atoms with Crippen LogP contribution in [0.3, 0.4) is 0 Å². The molecule has 4 heterocycles. The van der Waals surface area contributed by atoms with E-state index in [9.17, 15) is 0 Å². The minimum atomic E-state index is 0.961. The van der Waals surface area contributed by atoms with Crippen molar-refractivity contribution in [2.75, 3.05) is 0 Å². The second kappa shape index (κ2) is 18.3. The Hall–Kier alpha value is -1.08. The Bertz CT molecular complexity index is 1130. The van der Waals surface area contributed by atoms with Crippen LogP contribution in [-0.4, -0.2) is 9.97 Å². The Labute approximate surface area is 256 Å². The highest BCUT2D eigenvalue weighted by atomic mass is 79.9. The lowest BCUT2D eigenvalue weighted by Gasteiger charge is -2.07. The number of pyridine rings is 2. The summed E-state index contributed by atoms with van der Waals surface area (Å²) in [6, 6.07) is 13.1. The summed E-state index contributed by atoms with van der Waals surface area (Å²) >= 11 is 11.0. The van der Waals surface area contributed by atoms with Crippen LogP contribution in [0.15, 0.2) is 44.0 Å². The van der Waals surface area contributed by atoms with E-state index >= 15 is 0 Å². The van der Waals surface area contributed by atoms with E-state index in [0.717, 1.165) is 35.3 Å². The number of nitrogens with zero attached hydrogens (tertiary/aromatic N) is 2. The van der Waals surface area contributed by atoms with Crippen LogP contribution in [0.25, 0.3) is 32.2 Å². The maximum Gasteiger partial charge on any atom is 0.0895 e. The predicted molar refractivity (Wildman–Crippen MR) is 180 cm³/mol. The molecule has 4 aromatic heterocycles. The zero-order chi connectivity index (χ0) is 27.9. The van der Waals surface area contributed by atoms with E-state index < -0.39 is 0 Å². The average molecular weight is 681 g/mol. The van der Waals surface area contributed by atoms with Gasteiger partial charge in [0, 0.05) is 0 Å². The molecule has 0 fully saturated rings. The van der Waals surface area contributed by atoms with Crippen molar-refractivity contribution in [3.8, 4) is 21.1 Å². The molecule has 0 aliphatic rings. The van der Waals surface area contributed by atoms with Crippen molar-refractivity contribution in [2.45, 2.75) is 106 Å². The molecule has 208 valence electrons. The smallest absolute Gasteiger partial charge is 0.0895 e. The van der Waals surface area contributed by atoms with E-state index in [2.05, 4.69) is 82.1 Å². The number of halogens is 2. The summed E-state index contributed by atoms with van der Waals surface area (Å²) in [4.78, 5) is 12.6. The summed E-state index contributed by atoms with van der Waals surface area (Å²) in [5, 5.41) is 0. The molecule has 0 aliphatic carbocycles. The van der Waals surface area contributed by atoms with Gasteiger partial charge >= 0.3 is 0 Å². The van der Waals surface area contributed by atoms with Gasteiger partial charge in [-0.2, -0.15) is 0 Å². The maximum atomic E-state index is 5.02. The first-order valence-electron chi connectivity index (χ1n) is 14.4. The Balaban J connectivity index is 0.00000121. The van der Waals surface area contributed by atoms with Gasteiger partial charge in [0.1, 0.15) is 0 Å². The van der Waals surface area contributed by atoms with Crippen LogP contribution >= 0.6 is 54.5 Å². The molecule has 0 atom stereocenters. The number of unbranched alkanes of at least 4 members (excludes halogenated alkanes) is 6. The zero-order valence-electron chi connectivity index (χ0n) is 24.0. The minimum Gasteiger partial charge on any atom is -0.245 e. The van der Waals surface area contributed by atoms with Crippen molar-refractivity contribution in [3.05, 3.63) is 55.1 Å². The largest absolute Gasteiger partial charge is 0.245 e. The van der Waals surface area contributed by atoms with Gasteiger partial charge in [-0.1, -0.05) is 80.1 Å². The van der Waals surface area contributed by atoms with E-state index in [1.165, 1.54) is 79.8 Å². The molecule has 0 aliphatic heterocycles. The third-order valence-electron chi connectivity index (χ3n) is 6.16. The fourth-order valence-electron chi connectivity index (χ4n) is 4.34. The van der Waals surface area contributed by atoms with Crippen molar-refractivity contribution >= 4 is 65.6 Å². The molecule has 4 rings (SSSR count). The van der Waals surface area contributed by atoms with Crippen LogP contribution in [0, 0.1) is 0 Å². The molecule has 0 aromatic carbocycles. The van der Waals surface area contributed by atoms with Crippen LogP contribution < -0.4 is 0 Å². The molecule has 0 saturated carbocycles. The SMILES string of the molecule is CC.CC.CCCCCCc1cc(Br)sc1-c1ccc2nc(-c3sc(Br)cc3CCCCCC)ccc2n1. The summed E-state index contributed by atoms with van der Waals surface area (Å²) in [5.41, 5.74) is 6.84. The summed E-state index contributed by atoms with van der Waals surface area (Å²) in [7, 11) is 0. The Morgan fingerprint density at radius 2 is 0.974 bits per heavy atom. The summed E-state index contributed by atoms with van der Waals surface area (Å²) in [5.74, 6) is 0. The topological polar surface area (TPSA) is 25.8 Å². The van der Waals surface area contributed by atoms with Gasteiger partial charge in [0.25, 0.3) is 0 Å². The third kappa shape index (κ3) is 9.53. The Kier molecular flexibility index (Phi) is 16.0. The molecule has 38 heavy (non-hydrogen) atoms. The van der Waals surface area contributed by atoms with Crippen molar-refractivity contribution < 1.29 is 0 Å². The monoisotopic (exact) mass is 678 g/mol.